The molecule has 0 saturated carbocycles. The molecule has 0 aliphatic carbocycles. The molecule has 1 atom stereocenters. The number of nitrogens with zero attached hydrogens (tertiary/aromatic N) is 3. The molecule has 11 nitrogen and oxygen atoms in total. The van der Waals surface area contributed by atoms with E-state index in [0.717, 1.165) is 47.3 Å². The topological polar surface area (TPSA) is 140 Å². The quantitative estimate of drug-likeness (QED) is 0.128. The first-order valence-electron chi connectivity index (χ1n) is 15.4. The first-order chi connectivity index (χ1) is 22.0. The van der Waals surface area contributed by atoms with Crippen molar-refractivity contribution in [3.05, 3.63) is 94.9 Å². The van der Waals surface area contributed by atoms with Crippen LogP contribution in [-0.2, 0) is 34.1 Å². The van der Waals surface area contributed by atoms with Gasteiger partial charge in [0.1, 0.15) is 11.5 Å². The van der Waals surface area contributed by atoms with Gasteiger partial charge in [-0.1, -0.05) is 49.7 Å². The summed E-state index contributed by atoms with van der Waals surface area (Å²) in [5.74, 6) is 2.38. The van der Waals surface area contributed by atoms with Crippen LogP contribution >= 0.6 is 0 Å². The zero-order chi connectivity index (χ0) is 32.8. The van der Waals surface area contributed by atoms with E-state index in [4.69, 9.17) is 9.47 Å². The van der Waals surface area contributed by atoms with E-state index in [1.165, 1.54) is 0 Å². The molecular weight excluding hydrogens is 604 g/mol. The number of aryl methyl sites for hydroxylation is 5. The Kier molecular flexibility index (Phi) is 9.96. The molecule has 12 heteroatoms. The Balaban J connectivity index is 1.23. The molecule has 0 radical (unpaired) electrons. The maximum absolute atomic E-state index is 13.1. The van der Waals surface area contributed by atoms with Crippen molar-refractivity contribution in [2.45, 2.75) is 65.9 Å². The number of hydrogen-bond acceptors (Lipinski definition) is 7. The van der Waals surface area contributed by atoms with Crippen LogP contribution < -0.4 is 19.5 Å². The van der Waals surface area contributed by atoms with Gasteiger partial charge in [0.25, 0.3) is 5.91 Å². The monoisotopic (exact) mass is 644 g/mol. The Morgan fingerprint density at radius 2 is 1.76 bits per heavy atom. The number of sulfonamides is 1. The van der Waals surface area contributed by atoms with Gasteiger partial charge in [0, 0.05) is 23.9 Å². The molecule has 3 N–H and O–H groups in total. The van der Waals surface area contributed by atoms with Gasteiger partial charge >= 0.3 is 0 Å². The number of amides is 1. The lowest BCUT2D eigenvalue weighted by Gasteiger charge is -2.19. The second kappa shape index (κ2) is 14.1. The molecule has 0 saturated heterocycles. The van der Waals surface area contributed by atoms with E-state index in [-0.39, 0.29) is 5.91 Å². The minimum Gasteiger partial charge on any atom is -0.480 e. The zero-order valence-electron chi connectivity index (χ0n) is 26.8. The van der Waals surface area contributed by atoms with Gasteiger partial charge in [-0.2, -0.15) is 0 Å². The fourth-order valence-corrected chi connectivity index (χ4v) is 5.76. The molecular formula is C34H40N6O5S. The highest BCUT2D eigenvalue weighted by molar-refractivity contribution is 7.92. The number of nitrogens with one attached hydrogen (secondary N) is 3. The minimum atomic E-state index is -3.31. The Morgan fingerprint density at radius 3 is 2.46 bits per heavy atom. The van der Waals surface area contributed by atoms with Crippen molar-refractivity contribution in [2.24, 2.45) is 0 Å². The lowest BCUT2D eigenvalue weighted by molar-refractivity contribution is -0.122. The second-order valence-corrected chi connectivity index (χ2v) is 13.1. The van der Waals surface area contributed by atoms with E-state index in [2.05, 4.69) is 25.3 Å². The third-order valence-corrected chi connectivity index (χ3v) is 8.12. The van der Waals surface area contributed by atoms with E-state index >= 15 is 0 Å². The molecule has 2 aromatic heterocycles. The van der Waals surface area contributed by atoms with Crippen molar-refractivity contribution in [3.8, 4) is 17.2 Å². The zero-order valence-corrected chi connectivity index (χ0v) is 27.6. The van der Waals surface area contributed by atoms with Gasteiger partial charge in [-0.05, 0) is 81.0 Å². The van der Waals surface area contributed by atoms with E-state index < -0.39 is 16.1 Å². The van der Waals surface area contributed by atoms with Crippen LogP contribution in [0.2, 0.25) is 0 Å². The molecule has 2 heterocycles. The summed E-state index contributed by atoms with van der Waals surface area (Å²) in [5, 5.41) is 15.2. The van der Waals surface area contributed by atoms with Crippen LogP contribution in [0.4, 0.5) is 11.4 Å². The molecule has 5 rings (SSSR count). The van der Waals surface area contributed by atoms with Crippen molar-refractivity contribution < 1.29 is 22.7 Å². The van der Waals surface area contributed by atoms with Crippen LogP contribution in [0.5, 0.6) is 17.2 Å². The van der Waals surface area contributed by atoms with Crippen molar-refractivity contribution in [2.75, 3.05) is 16.3 Å². The first-order valence-corrected chi connectivity index (χ1v) is 17.3. The van der Waals surface area contributed by atoms with Crippen molar-refractivity contribution in [1.82, 2.24) is 19.8 Å². The second-order valence-electron chi connectivity index (χ2n) is 11.4. The first kappa shape index (κ1) is 32.6. The van der Waals surface area contributed by atoms with Gasteiger partial charge < -0.3 is 14.8 Å². The minimum absolute atomic E-state index is 0.235. The molecule has 0 bridgehead atoms. The smallest absolute Gasteiger partial charge is 0.265 e. The molecule has 46 heavy (non-hydrogen) atoms. The SMILES string of the molecule is CCc1[nH]n2c(CCCc3ccc(NS(C)(=O)=O)cc3)nnc2c1Oc1cccc(NC(=O)C(CC)Oc2ccc(C)cc2C)c1. The van der Waals surface area contributed by atoms with Crippen LogP contribution in [0.3, 0.4) is 0 Å². The van der Waals surface area contributed by atoms with Gasteiger partial charge in [0.2, 0.25) is 15.7 Å². The maximum atomic E-state index is 13.1. The van der Waals surface area contributed by atoms with Crippen molar-refractivity contribution in [3.63, 3.8) is 0 Å². The number of aromatic nitrogens is 4. The summed E-state index contributed by atoms with van der Waals surface area (Å²) in [7, 11) is -3.31. The Labute approximate surface area is 269 Å². The highest BCUT2D eigenvalue weighted by Crippen LogP contribution is 2.32. The summed E-state index contributed by atoms with van der Waals surface area (Å²) in [6.07, 6.45) is 3.99. The maximum Gasteiger partial charge on any atom is 0.265 e. The molecule has 3 aromatic carbocycles. The van der Waals surface area contributed by atoms with E-state index in [1.807, 2.05) is 80.7 Å². The van der Waals surface area contributed by atoms with Crippen LogP contribution in [0.25, 0.3) is 5.65 Å². The molecule has 0 aliphatic rings. The normalized spacial score (nSPS) is 12.2. The van der Waals surface area contributed by atoms with Crippen LogP contribution in [0, 0.1) is 13.8 Å². The summed E-state index contributed by atoms with van der Waals surface area (Å²) in [6, 6.07) is 20.5. The third kappa shape index (κ3) is 8.05. The van der Waals surface area contributed by atoms with Gasteiger partial charge in [-0.15, -0.1) is 10.2 Å². The van der Waals surface area contributed by atoms with Gasteiger partial charge in [-0.25, -0.2) is 12.9 Å². The summed E-state index contributed by atoms with van der Waals surface area (Å²) < 4.78 is 39.6. The van der Waals surface area contributed by atoms with Gasteiger partial charge in [0.15, 0.2) is 17.7 Å². The van der Waals surface area contributed by atoms with E-state index in [9.17, 15) is 13.2 Å². The summed E-state index contributed by atoms with van der Waals surface area (Å²) in [4.78, 5) is 13.1. The third-order valence-electron chi connectivity index (χ3n) is 7.51. The molecule has 0 fully saturated rings. The number of H-pyrrole nitrogens is 1. The summed E-state index contributed by atoms with van der Waals surface area (Å²) >= 11 is 0. The molecule has 1 amide bonds. The van der Waals surface area contributed by atoms with Gasteiger partial charge in [-0.3, -0.25) is 14.6 Å². The molecule has 0 spiro atoms. The predicted octanol–water partition coefficient (Wildman–Crippen LogP) is 6.37. The number of ether oxygens (including phenoxy) is 2. The number of rotatable bonds is 14. The molecule has 0 aliphatic heterocycles. The van der Waals surface area contributed by atoms with E-state index in [1.54, 1.807) is 18.2 Å². The van der Waals surface area contributed by atoms with Crippen LogP contribution in [0.1, 0.15) is 54.9 Å². The Hall–Kier alpha value is -4.84. The van der Waals surface area contributed by atoms with Gasteiger partial charge in [0.05, 0.1) is 11.9 Å². The molecule has 1 unspecified atom stereocenters. The van der Waals surface area contributed by atoms with Crippen LogP contribution in [0.15, 0.2) is 66.7 Å². The number of carbonyl (C=O) groups is 1. The van der Waals surface area contributed by atoms with Crippen molar-refractivity contribution >= 4 is 33.0 Å². The molecule has 5 aromatic rings. The lowest BCUT2D eigenvalue weighted by atomic mass is 10.1. The van der Waals surface area contributed by atoms with E-state index in [0.29, 0.717) is 53.5 Å². The Morgan fingerprint density at radius 1 is 0.978 bits per heavy atom. The average Bonchev–Trinajstić information content (AvgIpc) is 3.56. The summed E-state index contributed by atoms with van der Waals surface area (Å²) in [6.45, 7) is 7.94. The highest BCUT2D eigenvalue weighted by Gasteiger charge is 2.21. The number of aromatic amines is 1. The lowest BCUT2D eigenvalue weighted by Crippen LogP contribution is -2.32. The summed E-state index contributed by atoms with van der Waals surface area (Å²) in [5.41, 5.74) is 5.82. The van der Waals surface area contributed by atoms with Crippen molar-refractivity contribution in [1.29, 1.82) is 0 Å². The predicted molar refractivity (Wildman–Crippen MR) is 179 cm³/mol. The molecule has 242 valence electrons. The number of carbonyl (C=O) groups excluding carboxylic acids is 1. The number of fused-ring (bicyclic) bond motifs is 1. The number of hydrogen-bond donors (Lipinski definition) is 3. The fraction of sp³-hybridized carbons (Fsp3) is 0.324. The van der Waals surface area contributed by atoms with Crippen LogP contribution in [-0.4, -0.2) is 46.5 Å². The number of benzene rings is 3. The standard InChI is InChI=1S/C34H40N6O5S/c1-6-28-32(33-37-36-31(40(33)38-28)13-8-10-24-15-17-25(18-16-24)39-46(5,42)43)44-27-12-9-11-26(21-27)35-34(41)29(7-2)45-30-19-14-22(3)20-23(30)4/h9,11-12,14-21,29,38-39H,6-8,10,13H2,1-5H3,(H,35,41). The Bertz CT molecular complexity index is 1930. The average molecular weight is 645 g/mol. The largest absolute Gasteiger partial charge is 0.480 e. The highest BCUT2D eigenvalue weighted by atomic mass is 32.2. The fourth-order valence-electron chi connectivity index (χ4n) is 5.20. The number of anilines is 2.